The summed E-state index contributed by atoms with van der Waals surface area (Å²) in [6.07, 6.45) is 3.93. The molecule has 1 aliphatic carbocycles. The maximum Gasteiger partial charge on any atom is 0.261 e. The maximum atomic E-state index is 12.2. The molecule has 1 heterocycles. The van der Waals surface area contributed by atoms with E-state index in [4.69, 9.17) is 0 Å². The first-order valence-corrected chi connectivity index (χ1v) is 7.57. The van der Waals surface area contributed by atoms with Crippen LogP contribution in [0.1, 0.15) is 55.2 Å². The first-order valence-electron chi connectivity index (χ1n) is 7.57. The number of aryl methyl sites for hydroxylation is 2. The van der Waals surface area contributed by atoms with Crippen molar-refractivity contribution in [2.24, 2.45) is 5.92 Å². The summed E-state index contributed by atoms with van der Waals surface area (Å²) in [5.41, 5.74) is 0.808. The van der Waals surface area contributed by atoms with Gasteiger partial charge in [0.25, 0.3) is 11.5 Å². The van der Waals surface area contributed by atoms with E-state index in [-0.39, 0.29) is 23.6 Å². The molecule has 1 atom stereocenters. The number of aromatic amines is 1. The summed E-state index contributed by atoms with van der Waals surface area (Å²) in [6.45, 7) is 5.57. The van der Waals surface area contributed by atoms with Gasteiger partial charge in [0.05, 0.1) is 5.60 Å². The van der Waals surface area contributed by atoms with Gasteiger partial charge < -0.3 is 15.4 Å². The third kappa shape index (κ3) is 3.53. The average Bonchev–Trinajstić information content (AvgIpc) is 2.44. The second-order valence-corrected chi connectivity index (χ2v) is 6.42. The lowest BCUT2D eigenvalue weighted by atomic mass is 9.92. The lowest BCUT2D eigenvalue weighted by Crippen LogP contribution is -2.45. The van der Waals surface area contributed by atoms with Crippen LogP contribution in [0.2, 0.25) is 0 Å². The van der Waals surface area contributed by atoms with Crippen molar-refractivity contribution in [3.8, 4) is 0 Å². The van der Waals surface area contributed by atoms with Crippen LogP contribution in [0.25, 0.3) is 0 Å². The maximum absolute atomic E-state index is 12.2. The van der Waals surface area contributed by atoms with Gasteiger partial charge >= 0.3 is 0 Å². The molecule has 0 aromatic carbocycles. The largest absolute Gasteiger partial charge is 0.388 e. The van der Waals surface area contributed by atoms with Gasteiger partial charge in [0.15, 0.2) is 0 Å². The Morgan fingerprint density at radius 3 is 2.76 bits per heavy atom. The normalized spacial score (nSPS) is 17.2. The number of carbonyl (C=O) groups is 1. The number of aromatic nitrogens is 1. The van der Waals surface area contributed by atoms with Gasteiger partial charge in [-0.25, -0.2) is 0 Å². The fourth-order valence-corrected chi connectivity index (χ4v) is 2.40. The van der Waals surface area contributed by atoms with Crippen molar-refractivity contribution in [3.63, 3.8) is 0 Å². The minimum Gasteiger partial charge on any atom is -0.388 e. The van der Waals surface area contributed by atoms with Gasteiger partial charge in [-0.1, -0.05) is 13.8 Å². The number of aliphatic hydroxyl groups is 1. The summed E-state index contributed by atoms with van der Waals surface area (Å²) in [6, 6.07) is 1.70. The van der Waals surface area contributed by atoms with Crippen molar-refractivity contribution in [1.29, 1.82) is 0 Å². The van der Waals surface area contributed by atoms with Gasteiger partial charge in [-0.2, -0.15) is 0 Å². The van der Waals surface area contributed by atoms with Crippen LogP contribution in [0.15, 0.2) is 10.9 Å². The second kappa shape index (κ2) is 6.02. The van der Waals surface area contributed by atoms with E-state index in [1.165, 1.54) is 0 Å². The van der Waals surface area contributed by atoms with Gasteiger partial charge in [0, 0.05) is 12.2 Å². The van der Waals surface area contributed by atoms with Crippen molar-refractivity contribution in [1.82, 2.24) is 10.3 Å². The molecule has 1 amide bonds. The third-order valence-corrected chi connectivity index (χ3v) is 4.43. The molecule has 0 fully saturated rings. The highest BCUT2D eigenvalue weighted by atomic mass is 16.3. The highest BCUT2D eigenvalue weighted by Crippen LogP contribution is 2.19. The Morgan fingerprint density at radius 1 is 1.43 bits per heavy atom. The van der Waals surface area contributed by atoms with Crippen LogP contribution in [-0.2, 0) is 12.8 Å². The molecule has 5 heteroatoms. The number of H-pyrrole nitrogens is 1. The summed E-state index contributed by atoms with van der Waals surface area (Å²) in [5, 5.41) is 12.8. The Hall–Kier alpha value is -1.62. The summed E-state index contributed by atoms with van der Waals surface area (Å²) in [4.78, 5) is 27.0. The molecule has 0 bridgehead atoms. The highest BCUT2D eigenvalue weighted by Gasteiger charge is 2.26. The quantitative estimate of drug-likeness (QED) is 0.784. The first kappa shape index (κ1) is 15.8. The zero-order valence-corrected chi connectivity index (χ0v) is 13.0. The van der Waals surface area contributed by atoms with Crippen molar-refractivity contribution in [3.05, 3.63) is 33.2 Å². The number of nitrogens with one attached hydrogen (secondary N) is 2. The Morgan fingerprint density at radius 2 is 2.10 bits per heavy atom. The first-order chi connectivity index (χ1) is 9.81. The Balaban J connectivity index is 2.15. The molecule has 1 aromatic heterocycles. The molecule has 5 nitrogen and oxygen atoms in total. The molecule has 1 aliphatic rings. The van der Waals surface area contributed by atoms with Crippen molar-refractivity contribution in [2.45, 2.75) is 52.1 Å². The fraction of sp³-hybridized carbons (Fsp3) is 0.625. The van der Waals surface area contributed by atoms with E-state index in [1.54, 1.807) is 13.0 Å². The van der Waals surface area contributed by atoms with E-state index in [9.17, 15) is 14.7 Å². The standard InChI is InChI=1S/C16H24N2O3/c1-10(2)16(3,21)9-17-14(19)12-8-11-6-4-5-7-13(11)18-15(12)20/h8,10,21H,4-7,9H2,1-3H3,(H,17,19)(H,18,20). The van der Waals surface area contributed by atoms with E-state index in [2.05, 4.69) is 10.3 Å². The molecule has 1 unspecified atom stereocenters. The van der Waals surface area contributed by atoms with Crippen LogP contribution in [0, 0.1) is 5.92 Å². The van der Waals surface area contributed by atoms with Crippen LogP contribution < -0.4 is 10.9 Å². The summed E-state index contributed by atoms with van der Waals surface area (Å²) in [5.74, 6) is -0.412. The van der Waals surface area contributed by atoms with E-state index >= 15 is 0 Å². The molecule has 0 radical (unpaired) electrons. The Kier molecular flexibility index (Phi) is 4.52. The zero-order chi connectivity index (χ0) is 15.6. The smallest absolute Gasteiger partial charge is 0.261 e. The summed E-state index contributed by atoms with van der Waals surface area (Å²) >= 11 is 0. The van der Waals surface area contributed by atoms with Gasteiger partial charge in [0.2, 0.25) is 0 Å². The van der Waals surface area contributed by atoms with Crippen LogP contribution in [-0.4, -0.2) is 28.1 Å². The zero-order valence-electron chi connectivity index (χ0n) is 13.0. The van der Waals surface area contributed by atoms with E-state index in [0.717, 1.165) is 36.9 Å². The Bertz CT molecular complexity index is 588. The second-order valence-electron chi connectivity index (χ2n) is 6.42. The third-order valence-electron chi connectivity index (χ3n) is 4.43. The molecule has 3 N–H and O–H groups in total. The van der Waals surface area contributed by atoms with Crippen molar-refractivity contribution < 1.29 is 9.90 Å². The molecule has 0 saturated carbocycles. The monoisotopic (exact) mass is 292 g/mol. The number of amides is 1. The molecule has 116 valence electrons. The molecule has 0 saturated heterocycles. The van der Waals surface area contributed by atoms with Crippen LogP contribution in [0.5, 0.6) is 0 Å². The number of hydrogen-bond donors (Lipinski definition) is 3. The minimum absolute atomic E-state index is 0.0135. The van der Waals surface area contributed by atoms with Gasteiger partial charge in [-0.3, -0.25) is 9.59 Å². The number of rotatable bonds is 4. The van der Waals surface area contributed by atoms with Crippen molar-refractivity contribution >= 4 is 5.91 Å². The lowest BCUT2D eigenvalue weighted by Gasteiger charge is -2.27. The summed E-state index contributed by atoms with van der Waals surface area (Å²) < 4.78 is 0. The molecular formula is C16H24N2O3. The lowest BCUT2D eigenvalue weighted by molar-refractivity contribution is 0.0142. The summed E-state index contributed by atoms with van der Waals surface area (Å²) in [7, 11) is 0. The van der Waals surface area contributed by atoms with Crippen LogP contribution in [0.4, 0.5) is 0 Å². The molecule has 0 aliphatic heterocycles. The predicted octanol–water partition coefficient (Wildman–Crippen LogP) is 1.39. The van der Waals surface area contributed by atoms with Crippen molar-refractivity contribution in [2.75, 3.05) is 6.54 Å². The molecule has 1 aromatic rings. The van der Waals surface area contributed by atoms with Gasteiger partial charge in [0.1, 0.15) is 5.56 Å². The molecule has 21 heavy (non-hydrogen) atoms. The molecule has 2 rings (SSSR count). The van der Waals surface area contributed by atoms with E-state index in [1.807, 2.05) is 13.8 Å². The SMILES string of the molecule is CC(C)C(C)(O)CNC(=O)c1cc2c([nH]c1=O)CCCC2. The minimum atomic E-state index is -0.989. The van der Waals surface area contributed by atoms with Gasteiger partial charge in [-0.05, 0) is 50.2 Å². The number of pyridine rings is 1. The van der Waals surface area contributed by atoms with E-state index < -0.39 is 11.5 Å². The topological polar surface area (TPSA) is 82.2 Å². The van der Waals surface area contributed by atoms with E-state index in [0.29, 0.717) is 0 Å². The fourth-order valence-electron chi connectivity index (χ4n) is 2.40. The number of hydrogen-bond acceptors (Lipinski definition) is 3. The molecule has 0 spiro atoms. The average molecular weight is 292 g/mol. The predicted molar refractivity (Wildman–Crippen MR) is 81.5 cm³/mol. The number of fused-ring (bicyclic) bond motifs is 1. The van der Waals surface area contributed by atoms with Crippen LogP contribution in [0.3, 0.4) is 0 Å². The van der Waals surface area contributed by atoms with Gasteiger partial charge in [-0.15, -0.1) is 0 Å². The highest BCUT2D eigenvalue weighted by molar-refractivity contribution is 5.94. The van der Waals surface area contributed by atoms with Crippen LogP contribution >= 0.6 is 0 Å². The Labute approximate surface area is 124 Å². The molecular weight excluding hydrogens is 268 g/mol. The number of carbonyl (C=O) groups excluding carboxylic acids is 1.